The fourth-order valence-electron chi connectivity index (χ4n) is 1.36. The van der Waals surface area contributed by atoms with Gasteiger partial charge in [-0.25, -0.2) is 4.98 Å². The number of nitrogens with one attached hydrogen (secondary N) is 2. The Labute approximate surface area is 102 Å². The molecule has 0 aliphatic rings. The van der Waals surface area contributed by atoms with E-state index in [9.17, 15) is 0 Å². The van der Waals surface area contributed by atoms with E-state index in [0.29, 0.717) is 5.75 Å². The summed E-state index contributed by atoms with van der Waals surface area (Å²) in [5.74, 6) is 1.23. The van der Waals surface area contributed by atoms with E-state index >= 15 is 0 Å². The Bertz CT molecular complexity index is 536. The number of amidine groups is 1. The molecule has 0 aliphatic heterocycles. The molecular weight excluding hydrogens is 236 g/mol. The van der Waals surface area contributed by atoms with Crippen molar-refractivity contribution in [2.75, 3.05) is 0 Å². The Balaban J connectivity index is 2.04. The molecule has 0 fully saturated rings. The van der Waals surface area contributed by atoms with Gasteiger partial charge in [0.2, 0.25) is 0 Å². The van der Waals surface area contributed by atoms with Gasteiger partial charge < -0.3 is 16.5 Å². The number of rotatable bonds is 2. The molecule has 0 saturated heterocycles. The standard InChI is InChI=1S/C10H12N6S/c11-9(12)16-10(13)17-5-8-14-6-3-1-2-4-7(6)15-8/h1-4H,5H2,(H,14,15)(H5,11,12,13,16). The van der Waals surface area contributed by atoms with Gasteiger partial charge in [-0.1, -0.05) is 23.9 Å². The van der Waals surface area contributed by atoms with E-state index in [1.54, 1.807) is 0 Å². The first-order valence-electron chi connectivity index (χ1n) is 4.90. The fraction of sp³-hybridized carbons (Fsp3) is 0.100. The first-order valence-corrected chi connectivity index (χ1v) is 5.88. The molecule has 0 spiro atoms. The number of fused-ring (bicyclic) bond motifs is 1. The number of nitrogens with zero attached hydrogens (tertiary/aromatic N) is 2. The number of aromatic nitrogens is 2. The average molecular weight is 248 g/mol. The van der Waals surface area contributed by atoms with Crippen LogP contribution in [0.25, 0.3) is 11.0 Å². The molecule has 7 heteroatoms. The van der Waals surface area contributed by atoms with Crippen molar-refractivity contribution in [2.45, 2.75) is 5.75 Å². The van der Waals surface area contributed by atoms with Gasteiger partial charge >= 0.3 is 0 Å². The van der Waals surface area contributed by atoms with E-state index in [2.05, 4.69) is 15.0 Å². The zero-order chi connectivity index (χ0) is 12.3. The van der Waals surface area contributed by atoms with Crippen LogP contribution in [0.5, 0.6) is 0 Å². The average Bonchev–Trinajstić information content (AvgIpc) is 2.68. The summed E-state index contributed by atoms with van der Waals surface area (Å²) in [6.07, 6.45) is 0. The number of hydrogen-bond acceptors (Lipinski definition) is 3. The highest BCUT2D eigenvalue weighted by Crippen LogP contribution is 2.15. The molecule has 0 amide bonds. The van der Waals surface area contributed by atoms with Crippen molar-refractivity contribution in [1.82, 2.24) is 9.97 Å². The lowest BCUT2D eigenvalue weighted by Gasteiger charge is -1.96. The summed E-state index contributed by atoms with van der Waals surface area (Å²) in [5, 5.41) is 7.55. The smallest absolute Gasteiger partial charge is 0.193 e. The summed E-state index contributed by atoms with van der Waals surface area (Å²) in [6.45, 7) is 0. The lowest BCUT2D eigenvalue weighted by molar-refractivity contribution is 1.14. The number of aromatic amines is 1. The SMILES string of the molecule is N=C(N=C(N)N)SCc1nc2ccccc2[nH]1. The van der Waals surface area contributed by atoms with Crippen LogP contribution < -0.4 is 11.5 Å². The molecule has 2 rings (SSSR count). The van der Waals surface area contributed by atoms with Gasteiger partial charge in [0.05, 0.1) is 16.8 Å². The van der Waals surface area contributed by atoms with Crippen molar-refractivity contribution in [3.63, 3.8) is 0 Å². The normalized spacial score (nSPS) is 10.4. The van der Waals surface area contributed by atoms with E-state index in [1.165, 1.54) is 11.8 Å². The Morgan fingerprint density at radius 1 is 1.41 bits per heavy atom. The topological polar surface area (TPSA) is 117 Å². The minimum absolute atomic E-state index is 0.0745. The Morgan fingerprint density at radius 2 is 2.18 bits per heavy atom. The van der Waals surface area contributed by atoms with Crippen LogP contribution in [0.4, 0.5) is 0 Å². The largest absolute Gasteiger partial charge is 0.370 e. The number of thioether (sulfide) groups is 1. The van der Waals surface area contributed by atoms with Crippen molar-refractivity contribution in [1.29, 1.82) is 5.41 Å². The maximum absolute atomic E-state index is 7.48. The first-order chi connectivity index (χ1) is 8.15. The minimum Gasteiger partial charge on any atom is -0.370 e. The van der Waals surface area contributed by atoms with E-state index < -0.39 is 0 Å². The lowest BCUT2D eigenvalue weighted by Crippen LogP contribution is -2.23. The van der Waals surface area contributed by atoms with Gasteiger partial charge in [0.1, 0.15) is 5.82 Å². The zero-order valence-corrected chi connectivity index (χ0v) is 9.79. The quantitative estimate of drug-likeness (QED) is 0.468. The van der Waals surface area contributed by atoms with Crippen molar-refractivity contribution in [3.8, 4) is 0 Å². The van der Waals surface area contributed by atoms with Crippen LogP contribution in [0.15, 0.2) is 29.3 Å². The second-order valence-corrected chi connectivity index (χ2v) is 4.30. The number of guanidine groups is 1. The first kappa shape index (κ1) is 11.5. The van der Waals surface area contributed by atoms with Crippen LogP contribution in [0.1, 0.15) is 5.82 Å². The van der Waals surface area contributed by atoms with Crippen molar-refractivity contribution < 1.29 is 0 Å². The summed E-state index contributed by atoms with van der Waals surface area (Å²) in [7, 11) is 0. The molecule has 0 radical (unpaired) electrons. The van der Waals surface area contributed by atoms with Gasteiger partial charge in [0.25, 0.3) is 0 Å². The van der Waals surface area contributed by atoms with Gasteiger partial charge in [-0.05, 0) is 12.1 Å². The summed E-state index contributed by atoms with van der Waals surface area (Å²) in [6, 6.07) is 7.76. The van der Waals surface area contributed by atoms with Crippen LogP contribution >= 0.6 is 11.8 Å². The number of hydrogen-bond donors (Lipinski definition) is 4. The zero-order valence-electron chi connectivity index (χ0n) is 8.97. The van der Waals surface area contributed by atoms with E-state index in [-0.39, 0.29) is 11.1 Å². The number of nitrogens with two attached hydrogens (primary N) is 2. The van der Waals surface area contributed by atoms with Crippen LogP contribution in [-0.4, -0.2) is 21.1 Å². The van der Waals surface area contributed by atoms with Crippen LogP contribution in [0.2, 0.25) is 0 Å². The fourth-order valence-corrected chi connectivity index (χ4v) is 1.94. The predicted molar refractivity (Wildman–Crippen MR) is 70.9 cm³/mol. The number of benzene rings is 1. The maximum Gasteiger partial charge on any atom is 0.193 e. The third-order valence-electron chi connectivity index (χ3n) is 2.01. The molecule has 2 aromatic rings. The number of H-pyrrole nitrogens is 1. The highest BCUT2D eigenvalue weighted by atomic mass is 32.2. The molecule has 0 aliphatic carbocycles. The number of para-hydroxylation sites is 2. The Morgan fingerprint density at radius 3 is 2.88 bits per heavy atom. The monoisotopic (exact) mass is 248 g/mol. The molecule has 1 aromatic carbocycles. The highest BCUT2D eigenvalue weighted by Gasteiger charge is 2.03. The molecule has 0 saturated carbocycles. The lowest BCUT2D eigenvalue weighted by atomic mass is 10.3. The molecule has 0 bridgehead atoms. The number of imidazole rings is 1. The van der Waals surface area contributed by atoms with Gasteiger partial charge in [-0.15, -0.1) is 0 Å². The predicted octanol–water partition coefficient (Wildman–Crippen LogP) is 1.00. The number of aliphatic imine (C=N–C) groups is 1. The summed E-state index contributed by atoms with van der Waals surface area (Å²) < 4.78 is 0. The molecule has 88 valence electrons. The van der Waals surface area contributed by atoms with E-state index in [1.807, 2.05) is 24.3 Å². The molecule has 1 heterocycles. The van der Waals surface area contributed by atoms with Gasteiger partial charge in [-0.2, -0.15) is 4.99 Å². The third kappa shape index (κ3) is 2.97. The van der Waals surface area contributed by atoms with Crippen molar-refractivity contribution >= 4 is 33.9 Å². The molecule has 0 unspecified atom stereocenters. The Kier molecular flexibility index (Phi) is 3.29. The van der Waals surface area contributed by atoms with Gasteiger partial charge in [0, 0.05) is 0 Å². The Hall–Kier alpha value is -2.02. The third-order valence-corrected chi connectivity index (χ3v) is 2.80. The second kappa shape index (κ2) is 4.88. The summed E-state index contributed by atoms with van der Waals surface area (Å²) in [5.41, 5.74) is 12.2. The van der Waals surface area contributed by atoms with Crippen LogP contribution in [-0.2, 0) is 5.75 Å². The molecule has 6 nitrogen and oxygen atoms in total. The van der Waals surface area contributed by atoms with E-state index in [0.717, 1.165) is 16.9 Å². The maximum atomic E-state index is 7.48. The van der Waals surface area contributed by atoms with Crippen LogP contribution in [0.3, 0.4) is 0 Å². The molecule has 17 heavy (non-hydrogen) atoms. The second-order valence-electron chi connectivity index (χ2n) is 3.33. The highest BCUT2D eigenvalue weighted by molar-refractivity contribution is 8.13. The van der Waals surface area contributed by atoms with Gasteiger partial charge in [0.15, 0.2) is 11.1 Å². The van der Waals surface area contributed by atoms with E-state index in [4.69, 9.17) is 16.9 Å². The van der Waals surface area contributed by atoms with Gasteiger partial charge in [-0.3, -0.25) is 5.41 Å². The molecule has 6 N–H and O–H groups in total. The summed E-state index contributed by atoms with van der Waals surface area (Å²) in [4.78, 5) is 11.2. The van der Waals surface area contributed by atoms with Crippen molar-refractivity contribution in [2.24, 2.45) is 16.5 Å². The summed E-state index contributed by atoms with van der Waals surface area (Å²) >= 11 is 1.22. The molecule has 1 aromatic heterocycles. The van der Waals surface area contributed by atoms with Crippen molar-refractivity contribution in [3.05, 3.63) is 30.1 Å². The minimum atomic E-state index is -0.105. The molecule has 0 atom stereocenters. The molecular formula is C10H12N6S. The van der Waals surface area contributed by atoms with Crippen LogP contribution in [0, 0.1) is 5.41 Å².